The maximum absolute atomic E-state index is 12.2. The van der Waals surface area contributed by atoms with Crippen molar-refractivity contribution < 1.29 is 19.5 Å². The Labute approximate surface area is 158 Å². The lowest BCUT2D eigenvalue weighted by atomic mass is 10.2. The third kappa shape index (κ3) is 4.28. The SMILES string of the molecule is CC(=O)N1CCCN(c2ccc(NC3=CC(=O)N(CCO)C3=O)cc2)CC1. The van der Waals surface area contributed by atoms with Crippen LogP contribution in [0, 0.1) is 0 Å². The molecule has 2 heterocycles. The molecule has 8 nitrogen and oxygen atoms in total. The van der Waals surface area contributed by atoms with Gasteiger partial charge in [-0.25, -0.2) is 0 Å². The van der Waals surface area contributed by atoms with Gasteiger partial charge in [-0.3, -0.25) is 19.3 Å². The van der Waals surface area contributed by atoms with Gasteiger partial charge in [0.25, 0.3) is 11.8 Å². The van der Waals surface area contributed by atoms with Gasteiger partial charge < -0.3 is 20.2 Å². The van der Waals surface area contributed by atoms with Crippen LogP contribution < -0.4 is 10.2 Å². The van der Waals surface area contributed by atoms with E-state index in [-0.39, 0.29) is 24.8 Å². The molecule has 0 bridgehead atoms. The van der Waals surface area contributed by atoms with Gasteiger partial charge in [-0.1, -0.05) is 0 Å². The highest BCUT2D eigenvalue weighted by Gasteiger charge is 2.30. The second-order valence-corrected chi connectivity index (χ2v) is 6.60. The zero-order valence-corrected chi connectivity index (χ0v) is 15.4. The summed E-state index contributed by atoms with van der Waals surface area (Å²) in [4.78, 5) is 40.6. The second-order valence-electron chi connectivity index (χ2n) is 6.60. The number of rotatable bonds is 5. The highest BCUT2D eigenvalue weighted by Crippen LogP contribution is 2.22. The third-order valence-corrected chi connectivity index (χ3v) is 4.79. The van der Waals surface area contributed by atoms with Gasteiger partial charge >= 0.3 is 0 Å². The van der Waals surface area contributed by atoms with Crippen LogP contribution in [0.4, 0.5) is 11.4 Å². The molecule has 0 atom stereocenters. The molecule has 0 unspecified atom stereocenters. The maximum atomic E-state index is 12.2. The van der Waals surface area contributed by atoms with Crippen LogP contribution >= 0.6 is 0 Å². The topological polar surface area (TPSA) is 93.2 Å². The maximum Gasteiger partial charge on any atom is 0.277 e. The van der Waals surface area contributed by atoms with E-state index < -0.39 is 11.8 Å². The number of carbonyl (C=O) groups is 3. The Bertz CT molecular complexity index is 759. The van der Waals surface area contributed by atoms with E-state index in [1.807, 2.05) is 29.2 Å². The summed E-state index contributed by atoms with van der Waals surface area (Å²) in [6, 6.07) is 7.63. The number of imide groups is 1. The predicted octanol–water partition coefficient (Wildman–Crippen LogP) is 0.402. The van der Waals surface area contributed by atoms with Crippen molar-refractivity contribution in [3.63, 3.8) is 0 Å². The highest BCUT2D eigenvalue weighted by molar-refractivity contribution is 6.17. The molecule has 0 saturated carbocycles. The zero-order valence-electron chi connectivity index (χ0n) is 15.4. The number of nitrogens with one attached hydrogen (secondary N) is 1. The van der Waals surface area contributed by atoms with Gasteiger partial charge in [0.2, 0.25) is 5.91 Å². The molecular formula is C19H24N4O4. The summed E-state index contributed by atoms with van der Waals surface area (Å²) in [6.07, 6.45) is 2.17. The molecule has 144 valence electrons. The summed E-state index contributed by atoms with van der Waals surface area (Å²) in [6.45, 7) is 4.47. The van der Waals surface area contributed by atoms with Crippen molar-refractivity contribution in [3.8, 4) is 0 Å². The number of amides is 3. The van der Waals surface area contributed by atoms with Crippen molar-refractivity contribution >= 4 is 29.1 Å². The lowest BCUT2D eigenvalue weighted by Gasteiger charge is -2.23. The Kier molecular flexibility index (Phi) is 5.75. The Morgan fingerprint density at radius 3 is 2.52 bits per heavy atom. The number of benzene rings is 1. The quantitative estimate of drug-likeness (QED) is 0.727. The molecule has 1 saturated heterocycles. The molecule has 8 heteroatoms. The first-order chi connectivity index (χ1) is 13.0. The largest absolute Gasteiger partial charge is 0.395 e. The number of carbonyl (C=O) groups excluding carboxylic acids is 3. The summed E-state index contributed by atoms with van der Waals surface area (Å²) in [7, 11) is 0. The molecule has 1 aromatic carbocycles. The summed E-state index contributed by atoms with van der Waals surface area (Å²) >= 11 is 0. The molecule has 1 aromatic rings. The Morgan fingerprint density at radius 1 is 1.11 bits per heavy atom. The van der Waals surface area contributed by atoms with Crippen molar-refractivity contribution in [1.29, 1.82) is 0 Å². The number of hydrogen-bond donors (Lipinski definition) is 2. The summed E-state index contributed by atoms with van der Waals surface area (Å²) in [5, 5.41) is 11.9. The lowest BCUT2D eigenvalue weighted by molar-refractivity contribution is -0.137. The number of β-amino-alcohol motifs (C(OH)–C–C–N with tert-alkyl or cyclic N) is 1. The first kappa shape index (κ1) is 18.9. The Balaban J connectivity index is 1.63. The highest BCUT2D eigenvalue weighted by atomic mass is 16.3. The fourth-order valence-electron chi connectivity index (χ4n) is 3.31. The minimum atomic E-state index is -0.435. The normalized spacial score (nSPS) is 17.9. The summed E-state index contributed by atoms with van der Waals surface area (Å²) in [5.41, 5.74) is 1.96. The molecule has 0 spiro atoms. The van der Waals surface area contributed by atoms with Crippen molar-refractivity contribution in [2.24, 2.45) is 0 Å². The fourth-order valence-corrected chi connectivity index (χ4v) is 3.31. The van der Waals surface area contributed by atoms with E-state index in [1.165, 1.54) is 6.08 Å². The molecule has 1 fully saturated rings. The Hall–Kier alpha value is -2.87. The standard InChI is InChI=1S/C19H24N4O4/c1-14(25)21-7-2-8-22(10-9-21)16-5-3-15(4-6-16)20-17-13-18(26)23(11-12-24)19(17)27/h3-6,13,20,24H,2,7-12H2,1H3. The third-order valence-electron chi connectivity index (χ3n) is 4.79. The van der Waals surface area contributed by atoms with E-state index in [0.717, 1.165) is 36.6 Å². The van der Waals surface area contributed by atoms with E-state index in [0.29, 0.717) is 12.2 Å². The zero-order chi connectivity index (χ0) is 19.4. The first-order valence-electron chi connectivity index (χ1n) is 9.05. The summed E-state index contributed by atoms with van der Waals surface area (Å²) in [5.74, 6) is -0.751. The Morgan fingerprint density at radius 2 is 1.85 bits per heavy atom. The van der Waals surface area contributed by atoms with Crippen LogP contribution in [0.3, 0.4) is 0 Å². The van der Waals surface area contributed by atoms with Crippen molar-refractivity contribution in [3.05, 3.63) is 36.0 Å². The number of aliphatic hydroxyl groups excluding tert-OH is 1. The van der Waals surface area contributed by atoms with Crippen molar-refractivity contribution in [2.45, 2.75) is 13.3 Å². The molecule has 0 radical (unpaired) electrons. The van der Waals surface area contributed by atoms with Crippen molar-refractivity contribution in [1.82, 2.24) is 9.80 Å². The minimum Gasteiger partial charge on any atom is -0.395 e. The van der Waals surface area contributed by atoms with Gasteiger partial charge in [0.05, 0.1) is 13.2 Å². The molecular weight excluding hydrogens is 348 g/mol. The van der Waals surface area contributed by atoms with Crippen LogP contribution in [0.15, 0.2) is 36.0 Å². The van der Waals surface area contributed by atoms with Crippen molar-refractivity contribution in [2.75, 3.05) is 49.5 Å². The molecule has 27 heavy (non-hydrogen) atoms. The molecule has 3 rings (SSSR count). The van der Waals surface area contributed by atoms with Crippen LogP contribution in [0.2, 0.25) is 0 Å². The van der Waals surface area contributed by atoms with Crippen LogP contribution in [0.5, 0.6) is 0 Å². The van der Waals surface area contributed by atoms with Crippen LogP contribution in [0.1, 0.15) is 13.3 Å². The van der Waals surface area contributed by atoms with E-state index in [1.54, 1.807) is 6.92 Å². The van der Waals surface area contributed by atoms with E-state index in [9.17, 15) is 14.4 Å². The molecule has 2 aliphatic rings. The minimum absolute atomic E-state index is 0.00940. The molecule has 0 aliphatic carbocycles. The fraction of sp³-hybridized carbons (Fsp3) is 0.421. The monoisotopic (exact) mass is 372 g/mol. The van der Waals surface area contributed by atoms with Gasteiger partial charge in [-0.05, 0) is 30.7 Å². The average molecular weight is 372 g/mol. The van der Waals surface area contributed by atoms with Gasteiger partial charge in [-0.2, -0.15) is 0 Å². The van der Waals surface area contributed by atoms with Gasteiger partial charge in [0.15, 0.2) is 0 Å². The number of aliphatic hydroxyl groups is 1. The van der Waals surface area contributed by atoms with Gasteiger partial charge in [-0.15, -0.1) is 0 Å². The van der Waals surface area contributed by atoms with E-state index in [2.05, 4.69) is 10.2 Å². The van der Waals surface area contributed by atoms with Gasteiger partial charge in [0.1, 0.15) is 5.70 Å². The van der Waals surface area contributed by atoms with Crippen LogP contribution in [-0.4, -0.2) is 72.0 Å². The molecule has 2 aliphatic heterocycles. The van der Waals surface area contributed by atoms with E-state index >= 15 is 0 Å². The number of anilines is 2. The molecule has 0 aromatic heterocycles. The first-order valence-corrected chi connectivity index (χ1v) is 9.05. The second kappa shape index (κ2) is 8.22. The van der Waals surface area contributed by atoms with Crippen LogP contribution in [-0.2, 0) is 14.4 Å². The van der Waals surface area contributed by atoms with Crippen LogP contribution in [0.25, 0.3) is 0 Å². The number of nitrogens with zero attached hydrogens (tertiary/aromatic N) is 3. The molecule has 2 N–H and O–H groups in total. The number of hydrogen-bond acceptors (Lipinski definition) is 6. The van der Waals surface area contributed by atoms with E-state index in [4.69, 9.17) is 5.11 Å². The predicted molar refractivity (Wildman–Crippen MR) is 101 cm³/mol. The average Bonchev–Trinajstić information content (AvgIpc) is 2.84. The summed E-state index contributed by atoms with van der Waals surface area (Å²) < 4.78 is 0. The lowest BCUT2D eigenvalue weighted by Crippen LogP contribution is -2.34. The van der Waals surface area contributed by atoms with Gasteiger partial charge in [0, 0.05) is 50.6 Å². The molecule has 3 amide bonds. The smallest absolute Gasteiger partial charge is 0.277 e.